The lowest BCUT2D eigenvalue weighted by Gasteiger charge is -2.47. The molecule has 0 spiro atoms. The van der Waals surface area contributed by atoms with Crippen LogP contribution in [0.2, 0.25) is 0 Å². The number of rotatable bonds is 2. The third-order valence-electron chi connectivity index (χ3n) is 4.95. The van der Waals surface area contributed by atoms with Crippen molar-refractivity contribution in [2.45, 2.75) is 31.4 Å². The van der Waals surface area contributed by atoms with Gasteiger partial charge >= 0.3 is 0 Å². The molecule has 110 valence electrons. The number of benzene rings is 1. The minimum absolute atomic E-state index is 0.0823. The number of amides is 1. The molecule has 2 atom stereocenters. The Morgan fingerprint density at radius 1 is 1.33 bits per heavy atom. The molecule has 2 N–H and O–H groups in total. The van der Waals surface area contributed by atoms with Crippen LogP contribution < -0.4 is 10.5 Å². The lowest BCUT2D eigenvalue weighted by Crippen LogP contribution is -2.56. The highest BCUT2D eigenvalue weighted by Crippen LogP contribution is 2.39. The Balaban J connectivity index is 1.63. The van der Waals surface area contributed by atoms with Crippen molar-refractivity contribution in [3.05, 3.63) is 23.8 Å². The number of nitrogens with zero attached hydrogens (tertiary/aromatic N) is 2. The molecule has 1 aromatic rings. The van der Waals surface area contributed by atoms with Gasteiger partial charge in [-0.15, -0.1) is 0 Å². The van der Waals surface area contributed by atoms with Gasteiger partial charge in [0.1, 0.15) is 11.8 Å². The Kier molecular flexibility index (Phi) is 2.96. The highest BCUT2D eigenvalue weighted by molar-refractivity contribution is 5.98. The number of ether oxygens (including phenoxy) is 1. The summed E-state index contributed by atoms with van der Waals surface area (Å²) in [4.78, 5) is 18.5. The molecule has 4 heterocycles. The van der Waals surface area contributed by atoms with E-state index in [1.54, 1.807) is 12.1 Å². The van der Waals surface area contributed by atoms with Gasteiger partial charge in [-0.2, -0.15) is 0 Å². The van der Waals surface area contributed by atoms with E-state index in [0.29, 0.717) is 23.0 Å². The Morgan fingerprint density at radius 3 is 2.81 bits per heavy atom. The zero-order valence-electron chi connectivity index (χ0n) is 11.9. The maximum absolute atomic E-state index is 11.6. The third-order valence-corrected chi connectivity index (χ3v) is 4.95. The molecular formula is C16H19N3O2. The third kappa shape index (κ3) is 2.12. The normalized spacial score (nSPS) is 33.3. The van der Waals surface area contributed by atoms with E-state index in [9.17, 15) is 4.79 Å². The van der Waals surface area contributed by atoms with E-state index in [4.69, 9.17) is 10.5 Å². The average Bonchev–Trinajstić information content (AvgIpc) is 2.54. The SMILES string of the molecule is NC(=O)c1cccc2c1OC(C1CC3CCN1CC3)C=N2. The number of primary amides is 1. The van der Waals surface area contributed by atoms with Gasteiger partial charge in [0.05, 0.1) is 11.6 Å². The molecule has 0 saturated carbocycles. The van der Waals surface area contributed by atoms with Crippen LogP contribution in [-0.2, 0) is 0 Å². The second kappa shape index (κ2) is 4.84. The van der Waals surface area contributed by atoms with Gasteiger partial charge in [0, 0.05) is 6.21 Å². The Morgan fingerprint density at radius 2 is 2.14 bits per heavy atom. The summed E-state index contributed by atoms with van der Waals surface area (Å²) in [6, 6.07) is 5.70. The molecule has 4 aliphatic heterocycles. The van der Waals surface area contributed by atoms with E-state index in [1.807, 2.05) is 12.3 Å². The number of carbonyl (C=O) groups is 1. The summed E-state index contributed by atoms with van der Waals surface area (Å²) in [5.41, 5.74) is 6.56. The summed E-state index contributed by atoms with van der Waals surface area (Å²) in [6.07, 6.45) is 5.55. The summed E-state index contributed by atoms with van der Waals surface area (Å²) in [5.74, 6) is 0.887. The zero-order valence-corrected chi connectivity index (χ0v) is 11.9. The van der Waals surface area contributed by atoms with Gasteiger partial charge in [0.15, 0.2) is 5.75 Å². The molecule has 0 radical (unpaired) electrons. The van der Waals surface area contributed by atoms with E-state index >= 15 is 0 Å². The molecule has 1 amide bonds. The molecule has 4 aliphatic rings. The van der Waals surface area contributed by atoms with Crippen LogP contribution in [-0.4, -0.2) is 42.3 Å². The fourth-order valence-corrected chi connectivity index (χ4v) is 3.80. The monoisotopic (exact) mass is 285 g/mol. The molecule has 5 rings (SSSR count). The smallest absolute Gasteiger partial charge is 0.252 e. The van der Waals surface area contributed by atoms with Gasteiger partial charge in [-0.3, -0.25) is 14.7 Å². The molecule has 5 heteroatoms. The number of carbonyl (C=O) groups excluding carboxylic acids is 1. The standard InChI is InChI=1S/C16H19N3O2/c17-16(20)11-2-1-3-12-15(11)21-14(9-18-12)13-8-10-4-6-19(13)7-5-10/h1-3,9-10,13-14H,4-8H2,(H2,17,20). The van der Waals surface area contributed by atoms with Gasteiger partial charge in [0.2, 0.25) is 0 Å². The second-order valence-corrected chi connectivity index (χ2v) is 6.16. The molecule has 5 nitrogen and oxygen atoms in total. The fourth-order valence-electron chi connectivity index (χ4n) is 3.80. The van der Waals surface area contributed by atoms with E-state index in [1.165, 1.54) is 12.8 Å². The van der Waals surface area contributed by atoms with E-state index in [-0.39, 0.29) is 6.10 Å². The van der Waals surface area contributed by atoms with Crippen molar-refractivity contribution in [3.63, 3.8) is 0 Å². The van der Waals surface area contributed by atoms with E-state index in [0.717, 1.165) is 25.4 Å². The first-order valence-electron chi connectivity index (χ1n) is 7.60. The van der Waals surface area contributed by atoms with Gasteiger partial charge < -0.3 is 10.5 Å². The summed E-state index contributed by atoms with van der Waals surface area (Å²) in [6.45, 7) is 2.29. The molecule has 3 saturated heterocycles. The lowest BCUT2D eigenvalue weighted by molar-refractivity contribution is 0.00716. The van der Waals surface area contributed by atoms with Crippen molar-refractivity contribution in [2.75, 3.05) is 13.1 Å². The van der Waals surface area contributed by atoms with Gasteiger partial charge in [-0.25, -0.2) is 0 Å². The summed E-state index contributed by atoms with van der Waals surface area (Å²) >= 11 is 0. The van der Waals surface area contributed by atoms with Crippen molar-refractivity contribution in [1.29, 1.82) is 0 Å². The predicted molar refractivity (Wildman–Crippen MR) is 80.2 cm³/mol. The van der Waals surface area contributed by atoms with Crippen molar-refractivity contribution in [2.24, 2.45) is 16.6 Å². The van der Waals surface area contributed by atoms with Gasteiger partial charge in [0.25, 0.3) is 5.91 Å². The number of aliphatic imine (C=N–C) groups is 1. The molecule has 2 bridgehead atoms. The number of para-hydroxylation sites is 1. The zero-order chi connectivity index (χ0) is 14.4. The highest BCUT2D eigenvalue weighted by atomic mass is 16.5. The van der Waals surface area contributed by atoms with Crippen LogP contribution in [0.25, 0.3) is 0 Å². The largest absolute Gasteiger partial charge is 0.480 e. The first kappa shape index (κ1) is 12.8. The number of nitrogens with two attached hydrogens (primary N) is 1. The number of hydrogen-bond acceptors (Lipinski definition) is 4. The molecule has 0 aromatic heterocycles. The van der Waals surface area contributed by atoms with Crippen molar-refractivity contribution in [3.8, 4) is 5.75 Å². The van der Waals surface area contributed by atoms with Crippen LogP contribution in [0.3, 0.4) is 0 Å². The Bertz CT molecular complexity index is 606. The van der Waals surface area contributed by atoms with E-state index in [2.05, 4.69) is 9.89 Å². The van der Waals surface area contributed by atoms with Crippen LogP contribution in [0.1, 0.15) is 29.6 Å². The Hall–Kier alpha value is -1.88. The van der Waals surface area contributed by atoms with Gasteiger partial charge in [-0.1, -0.05) is 6.07 Å². The Labute approximate surface area is 123 Å². The minimum atomic E-state index is -0.465. The maximum Gasteiger partial charge on any atom is 0.252 e. The average molecular weight is 285 g/mol. The maximum atomic E-state index is 11.6. The summed E-state index contributed by atoms with van der Waals surface area (Å²) in [5, 5.41) is 0. The quantitative estimate of drug-likeness (QED) is 0.900. The lowest BCUT2D eigenvalue weighted by atomic mass is 9.81. The molecular weight excluding hydrogens is 266 g/mol. The molecule has 21 heavy (non-hydrogen) atoms. The predicted octanol–water partition coefficient (Wildman–Crippen LogP) is 1.73. The molecule has 2 unspecified atom stereocenters. The second-order valence-electron chi connectivity index (χ2n) is 6.16. The van der Waals surface area contributed by atoms with E-state index < -0.39 is 5.91 Å². The van der Waals surface area contributed by atoms with Gasteiger partial charge in [-0.05, 0) is 50.4 Å². The van der Waals surface area contributed by atoms with Crippen LogP contribution in [0.4, 0.5) is 5.69 Å². The number of hydrogen-bond donors (Lipinski definition) is 1. The molecule has 3 fully saturated rings. The highest BCUT2D eigenvalue weighted by Gasteiger charge is 2.39. The molecule has 0 aliphatic carbocycles. The van der Waals surface area contributed by atoms with Crippen LogP contribution in [0, 0.1) is 5.92 Å². The van der Waals surface area contributed by atoms with Crippen LogP contribution in [0.5, 0.6) is 5.75 Å². The fraction of sp³-hybridized carbons (Fsp3) is 0.500. The minimum Gasteiger partial charge on any atom is -0.480 e. The number of piperidine rings is 3. The van der Waals surface area contributed by atoms with Crippen molar-refractivity contribution < 1.29 is 9.53 Å². The first-order chi connectivity index (χ1) is 10.2. The first-order valence-corrected chi connectivity index (χ1v) is 7.60. The van der Waals surface area contributed by atoms with Crippen LogP contribution in [0.15, 0.2) is 23.2 Å². The number of fused-ring (bicyclic) bond motifs is 4. The van der Waals surface area contributed by atoms with Crippen LogP contribution >= 0.6 is 0 Å². The van der Waals surface area contributed by atoms with Crippen molar-refractivity contribution >= 4 is 17.8 Å². The van der Waals surface area contributed by atoms with Crippen molar-refractivity contribution in [1.82, 2.24) is 4.90 Å². The topological polar surface area (TPSA) is 67.9 Å². The summed E-state index contributed by atoms with van der Waals surface area (Å²) < 4.78 is 6.12. The summed E-state index contributed by atoms with van der Waals surface area (Å²) in [7, 11) is 0. The molecule has 1 aromatic carbocycles.